The van der Waals surface area contributed by atoms with Crippen molar-refractivity contribution < 1.29 is 18.4 Å². The second-order valence-corrected chi connectivity index (χ2v) is 4.46. The predicted octanol–water partition coefficient (Wildman–Crippen LogP) is 0.0258. The molecule has 20 heavy (non-hydrogen) atoms. The van der Waals surface area contributed by atoms with E-state index in [0.717, 1.165) is 18.2 Å². The smallest absolute Gasteiger partial charge is 0.309 e. The third kappa shape index (κ3) is 5.70. The highest BCUT2D eigenvalue weighted by Crippen LogP contribution is 2.07. The van der Waals surface area contributed by atoms with E-state index in [2.05, 4.69) is 22.9 Å². The Labute approximate surface area is 119 Å². The predicted molar refractivity (Wildman–Crippen MR) is 72.9 cm³/mol. The van der Waals surface area contributed by atoms with Crippen LogP contribution in [-0.4, -0.2) is 29.9 Å². The standard InChI is InChI=1S/C12H13F2N3O2S/c13-8-3-7(4-9(14)5-8)1-2-16-11(18)12(19)17-6-10(15)20/h3-5H,1-2,6H2,(H2,15,20)(H,16,18)(H,17,19). The molecule has 5 nitrogen and oxygen atoms in total. The molecular weight excluding hydrogens is 288 g/mol. The molecule has 1 rings (SSSR count). The van der Waals surface area contributed by atoms with E-state index in [4.69, 9.17) is 5.73 Å². The van der Waals surface area contributed by atoms with Gasteiger partial charge in [-0.1, -0.05) is 12.2 Å². The highest BCUT2D eigenvalue weighted by molar-refractivity contribution is 7.80. The van der Waals surface area contributed by atoms with E-state index >= 15 is 0 Å². The Morgan fingerprint density at radius 1 is 1.10 bits per heavy atom. The fourth-order valence-electron chi connectivity index (χ4n) is 1.40. The number of halogens is 2. The van der Waals surface area contributed by atoms with Gasteiger partial charge in [0, 0.05) is 12.6 Å². The van der Waals surface area contributed by atoms with Crippen LogP contribution in [0.4, 0.5) is 8.78 Å². The van der Waals surface area contributed by atoms with E-state index in [-0.39, 0.29) is 24.5 Å². The quantitative estimate of drug-likeness (QED) is 0.529. The van der Waals surface area contributed by atoms with Gasteiger partial charge < -0.3 is 16.4 Å². The molecule has 0 aliphatic rings. The lowest BCUT2D eigenvalue weighted by Crippen LogP contribution is -2.43. The summed E-state index contributed by atoms with van der Waals surface area (Å²) in [5.74, 6) is -3.12. The summed E-state index contributed by atoms with van der Waals surface area (Å²) in [5.41, 5.74) is 5.54. The zero-order valence-corrected chi connectivity index (χ0v) is 11.2. The molecule has 0 fully saturated rings. The highest BCUT2D eigenvalue weighted by Gasteiger charge is 2.12. The molecule has 8 heteroatoms. The Hall–Kier alpha value is -2.09. The van der Waals surface area contributed by atoms with E-state index in [1.165, 1.54) is 0 Å². The van der Waals surface area contributed by atoms with E-state index in [0.29, 0.717) is 5.56 Å². The molecule has 0 atom stereocenters. The number of hydrogen-bond acceptors (Lipinski definition) is 3. The molecule has 0 saturated heterocycles. The van der Waals surface area contributed by atoms with Crippen molar-refractivity contribution in [1.29, 1.82) is 0 Å². The van der Waals surface area contributed by atoms with Crippen LogP contribution < -0.4 is 16.4 Å². The van der Waals surface area contributed by atoms with Crippen LogP contribution in [0.5, 0.6) is 0 Å². The number of amides is 2. The minimum Gasteiger partial charge on any atom is -0.392 e. The minimum atomic E-state index is -0.872. The van der Waals surface area contributed by atoms with Crippen molar-refractivity contribution in [3.63, 3.8) is 0 Å². The Morgan fingerprint density at radius 3 is 2.20 bits per heavy atom. The lowest BCUT2D eigenvalue weighted by molar-refractivity contribution is -0.139. The Kier molecular flexibility index (Phi) is 5.98. The molecule has 0 unspecified atom stereocenters. The molecule has 1 aromatic rings. The summed E-state index contributed by atoms with van der Waals surface area (Å²) in [5, 5.41) is 4.53. The topological polar surface area (TPSA) is 84.2 Å². The lowest BCUT2D eigenvalue weighted by atomic mass is 10.1. The molecule has 1 aromatic carbocycles. The van der Waals surface area contributed by atoms with Gasteiger partial charge in [-0.3, -0.25) is 9.59 Å². The summed E-state index contributed by atoms with van der Waals surface area (Å²) in [7, 11) is 0. The van der Waals surface area contributed by atoms with Gasteiger partial charge in [-0.2, -0.15) is 0 Å². The molecule has 0 heterocycles. The summed E-state index contributed by atoms with van der Waals surface area (Å²) in [6.45, 7) is -0.00108. The minimum absolute atomic E-state index is 0.0568. The normalized spacial score (nSPS) is 9.90. The van der Waals surface area contributed by atoms with Gasteiger partial charge in [-0.15, -0.1) is 0 Å². The van der Waals surface area contributed by atoms with Crippen molar-refractivity contribution in [3.05, 3.63) is 35.4 Å². The molecule has 108 valence electrons. The first kappa shape index (κ1) is 16.0. The Morgan fingerprint density at radius 2 is 1.65 bits per heavy atom. The number of thiocarbonyl (C=S) groups is 1. The zero-order valence-electron chi connectivity index (χ0n) is 10.4. The van der Waals surface area contributed by atoms with Crippen LogP contribution in [0.1, 0.15) is 5.56 Å². The third-order valence-electron chi connectivity index (χ3n) is 2.25. The molecule has 0 saturated carbocycles. The number of nitrogens with one attached hydrogen (secondary N) is 2. The Bertz CT molecular complexity index is 517. The van der Waals surface area contributed by atoms with E-state index in [1.54, 1.807) is 0 Å². The number of rotatable bonds is 5. The monoisotopic (exact) mass is 301 g/mol. The van der Waals surface area contributed by atoms with E-state index in [1.807, 2.05) is 0 Å². The lowest BCUT2D eigenvalue weighted by Gasteiger charge is -2.06. The first-order valence-electron chi connectivity index (χ1n) is 5.68. The van der Waals surface area contributed by atoms with Crippen LogP contribution in [-0.2, 0) is 16.0 Å². The maximum absolute atomic E-state index is 12.9. The largest absolute Gasteiger partial charge is 0.392 e. The van der Waals surface area contributed by atoms with Gasteiger partial charge in [-0.05, 0) is 24.1 Å². The van der Waals surface area contributed by atoms with Crippen molar-refractivity contribution in [2.24, 2.45) is 5.73 Å². The fraction of sp³-hybridized carbons (Fsp3) is 0.250. The van der Waals surface area contributed by atoms with Crippen molar-refractivity contribution in [3.8, 4) is 0 Å². The summed E-state index contributed by atoms with van der Waals surface area (Å²) < 4.78 is 25.8. The van der Waals surface area contributed by atoms with Crippen LogP contribution >= 0.6 is 12.2 Å². The number of carbonyl (C=O) groups excluding carboxylic acids is 2. The number of carbonyl (C=O) groups is 2. The first-order valence-corrected chi connectivity index (χ1v) is 6.08. The van der Waals surface area contributed by atoms with Crippen molar-refractivity contribution in [2.45, 2.75) is 6.42 Å². The number of hydrogen-bond donors (Lipinski definition) is 3. The van der Waals surface area contributed by atoms with Gasteiger partial charge in [0.1, 0.15) is 11.6 Å². The summed E-state index contributed by atoms with van der Waals surface area (Å²) in [4.78, 5) is 22.6. The van der Waals surface area contributed by atoms with Crippen molar-refractivity contribution in [2.75, 3.05) is 13.1 Å². The number of benzene rings is 1. The molecule has 2 amide bonds. The molecule has 0 bridgehead atoms. The van der Waals surface area contributed by atoms with Gasteiger partial charge in [0.15, 0.2) is 0 Å². The van der Waals surface area contributed by atoms with Crippen LogP contribution in [0.2, 0.25) is 0 Å². The average Bonchev–Trinajstić information content (AvgIpc) is 2.34. The van der Waals surface area contributed by atoms with Gasteiger partial charge >= 0.3 is 11.8 Å². The third-order valence-corrected chi connectivity index (χ3v) is 2.40. The molecule has 0 radical (unpaired) electrons. The van der Waals surface area contributed by atoms with Gasteiger partial charge in [0.2, 0.25) is 0 Å². The summed E-state index contributed by atoms with van der Waals surface area (Å²) >= 11 is 4.54. The molecule has 0 aromatic heterocycles. The van der Waals surface area contributed by atoms with Crippen LogP contribution in [0.3, 0.4) is 0 Å². The maximum atomic E-state index is 12.9. The summed E-state index contributed by atoms with van der Waals surface area (Å²) in [6.07, 6.45) is 0.197. The molecule has 0 aliphatic heterocycles. The Balaban J connectivity index is 2.38. The van der Waals surface area contributed by atoms with Crippen molar-refractivity contribution >= 4 is 29.0 Å². The van der Waals surface area contributed by atoms with E-state index < -0.39 is 23.4 Å². The first-order chi connectivity index (χ1) is 9.38. The highest BCUT2D eigenvalue weighted by atomic mass is 32.1. The SMILES string of the molecule is NC(=S)CNC(=O)C(=O)NCCc1cc(F)cc(F)c1. The van der Waals surface area contributed by atoms with E-state index in [9.17, 15) is 18.4 Å². The van der Waals surface area contributed by atoms with Crippen LogP contribution in [0.25, 0.3) is 0 Å². The zero-order chi connectivity index (χ0) is 15.1. The van der Waals surface area contributed by atoms with Crippen LogP contribution in [0.15, 0.2) is 18.2 Å². The molecule has 0 aliphatic carbocycles. The molecular formula is C12H13F2N3O2S. The second kappa shape index (κ2) is 7.49. The molecule has 4 N–H and O–H groups in total. The van der Waals surface area contributed by atoms with Gasteiger partial charge in [0.25, 0.3) is 0 Å². The van der Waals surface area contributed by atoms with Gasteiger partial charge in [0.05, 0.1) is 11.5 Å². The fourth-order valence-corrected chi connectivity index (χ4v) is 1.48. The summed E-state index contributed by atoms with van der Waals surface area (Å²) in [6, 6.07) is 3.07. The van der Waals surface area contributed by atoms with Crippen LogP contribution in [0, 0.1) is 11.6 Å². The second-order valence-electron chi connectivity index (χ2n) is 3.93. The molecule has 0 spiro atoms. The maximum Gasteiger partial charge on any atom is 0.309 e. The average molecular weight is 301 g/mol. The number of nitrogens with two attached hydrogens (primary N) is 1. The van der Waals surface area contributed by atoms with Crippen molar-refractivity contribution in [1.82, 2.24) is 10.6 Å². The van der Waals surface area contributed by atoms with Gasteiger partial charge in [-0.25, -0.2) is 8.78 Å².